The van der Waals surface area contributed by atoms with Crippen molar-refractivity contribution in [2.24, 2.45) is 0 Å². The number of benzene rings is 2. The van der Waals surface area contributed by atoms with Crippen LogP contribution < -0.4 is 80.8 Å². The van der Waals surface area contributed by atoms with Crippen molar-refractivity contribution >= 4 is 35.3 Å². The quantitative estimate of drug-likeness (QED) is 0.194. The molecule has 0 aliphatic carbocycles. The van der Waals surface area contributed by atoms with Gasteiger partial charge in [0, 0.05) is 35.1 Å². The average Bonchev–Trinajstić information content (AvgIpc) is 2.69. The Bertz CT molecular complexity index is 950. The molecule has 0 spiro atoms. The summed E-state index contributed by atoms with van der Waals surface area (Å²) in [5.74, 6) is -5.99. The molecule has 2 rings (SSSR count). The average molecular weight is 508 g/mol. The first-order valence-corrected chi connectivity index (χ1v) is 9.45. The van der Waals surface area contributed by atoms with Crippen LogP contribution in [0.2, 0.25) is 0 Å². The Morgan fingerprint density at radius 3 is 1.26 bits per heavy atom. The fourth-order valence-corrected chi connectivity index (χ4v) is 2.69. The van der Waals surface area contributed by atoms with E-state index in [1.54, 1.807) is 12.1 Å². The molecular weight excluding hydrogens is 482 g/mol. The van der Waals surface area contributed by atoms with Crippen LogP contribution in [0.15, 0.2) is 36.4 Å². The van der Waals surface area contributed by atoms with Gasteiger partial charge in [0.1, 0.15) is 0 Å². The number of carboxylic acids is 4. The summed E-state index contributed by atoms with van der Waals surface area (Å²) in [6.45, 7) is 2.96. The van der Waals surface area contributed by atoms with Crippen LogP contribution in [0.25, 0.3) is 0 Å². The Hall–Kier alpha value is -2.12. The number of nitrogen functional groups attached to an aromatic ring is 2. The Morgan fingerprint density at radius 1 is 0.743 bits per heavy atom. The predicted octanol–water partition coefficient (Wildman–Crippen LogP) is -7.32. The third kappa shape index (κ3) is 12.4. The second-order valence-electron chi connectivity index (χ2n) is 7.14. The van der Waals surface area contributed by atoms with Crippen LogP contribution >= 0.6 is 0 Å². The number of hydrogen-bond acceptors (Lipinski definition) is 8. The van der Waals surface area contributed by atoms with Crippen molar-refractivity contribution < 1.29 is 104 Å². The number of hydrogen-bond donors (Lipinski definition) is 4. The van der Waals surface area contributed by atoms with Crippen molar-refractivity contribution in [1.29, 1.82) is 0 Å². The molecule has 0 radical (unpaired) electrons. The predicted molar refractivity (Wildman–Crippen MR) is 115 cm³/mol. The van der Waals surface area contributed by atoms with E-state index >= 15 is 0 Å². The van der Waals surface area contributed by atoms with E-state index in [-0.39, 0.29) is 77.4 Å². The first-order valence-electron chi connectivity index (χ1n) is 9.45. The number of carbonyl (C=O) groups is 4. The molecule has 2 atom stereocenters. The fourth-order valence-electron chi connectivity index (χ4n) is 2.69. The van der Waals surface area contributed by atoms with Crippen LogP contribution in [0.5, 0.6) is 0 Å². The van der Waals surface area contributed by atoms with Gasteiger partial charge in [0.25, 0.3) is 0 Å². The largest absolute Gasteiger partial charge is 1.00 e. The maximum absolute atomic E-state index is 10.7. The monoisotopic (exact) mass is 508 g/mol. The Morgan fingerprint density at radius 2 is 1.03 bits per heavy atom. The molecule has 0 heterocycles. The van der Waals surface area contributed by atoms with Gasteiger partial charge in [-0.05, 0) is 34.4 Å². The minimum atomic E-state index is -1.20. The van der Waals surface area contributed by atoms with Gasteiger partial charge in [-0.2, -0.15) is 0 Å². The van der Waals surface area contributed by atoms with E-state index < -0.39 is 35.7 Å². The number of rotatable bonds is 8. The molecule has 0 bridgehead atoms. The Balaban J connectivity index is -0.000000539. The van der Waals surface area contributed by atoms with E-state index in [9.17, 15) is 29.4 Å². The molecule has 0 aliphatic heterocycles. The minimum absolute atomic E-state index is 0. The molecule has 13 heteroatoms. The fraction of sp³-hybridized carbons (Fsp3) is 0.273. The summed E-state index contributed by atoms with van der Waals surface area (Å²) in [6, 6.07) is 9.11. The van der Waals surface area contributed by atoms with Gasteiger partial charge in [-0.1, -0.05) is 38.1 Å². The summed E-state index contributed by atoms with van der Waals surface area (Å²) in [5, 5.41) is 38.6. The van der Waals surface area contributed by atoms with E-state index in [1.165, 1.54) is 38.1 Å². The smallest absolute Gasteiger partial charge is 0.550 e. The zero-order chi connectivity index (χ0) is 24.6. The van der Waals surface area contributed by atoms with Gasteiger partial charge in [-0.25, -0.2) is 0 Å². The molecule has 2 aromatic carbocycles. The van der Waals surface area contributed by atoms with Gasteiger partial charge in [0.05, 0.1) is 12.8 Å². The number of aliphatic carboxylic acids is 4. The van der Waals surface area contributed by atoms with E-state index in [0.29, 0.717) is 33.6 Å². The normalized spacial score (nSPS) is 11.0. The zero-order valence-electron chi connectivity index (χ0n) is 20.0. The molecule has 0 saturated heterocycles. The maximum atomic E-state index is 10.7. The zero-order valence-corrected chi connectivity index (χ0v) is 24.0. The number of anilines is 2. The molecule has 0 fully saturated rings. The van der Waals surface area contributed by atoms with Crippen molar-refractivity contribution in [2.45, 2.75) is 38.5 Å². The molecule has 8 N–H and O–H groups in total. The van der Waals surface area contributed by atoms with Crippen molar-refractivity contribution in [2.75, 3.05) is 11.5 Å². The van der Waals surface area contributed by atoms with Gasteiger partial charge in [-0.3, -0.25) is 9.59 Å². The van der Waals surface area contributed by atoms with Crippen molar-refractivity contribution in [3.63, 3.8) is 0 Å². The number of carboxylic acid groups (broad SMARTS) is 4. The second kappa shape index (κ2) is 17.3. The van der Waals surface area contributed by atoms with Gasteiger partial charge >= 0.3 is 71.1 Å². The molecule has 180 valence electrons. The van der Waals surface area contributed by atoms with Crippen molar-refractivity contribution in [1.82, 2.24) is 0 Å². The van der Waals surface area contributed by atoms with E-state index in [2.05, 4.69) is 0 Å². The minimum Gasteiger partial charge on any atom is -0.550 e. The van der Waals surface area contributed by atoms with Crippen LogP contribution in [0.1, 0.15) is 47.9 Å². The Labute approximate surface area is 246 Å². The molecular formula is C22H26N2Na2O9. The molecule has 2 aromatic rings. The SMILES string of the molecule is CC(C(=O)[O-])c1ccc(N)c(CC(=O)O)c1.CC(C(=O)[O-])c1ccc(N)c(CC(=O)O)c1.O.[Na+].[Na+]. The molecule has 0 saturated carbocycles. The first kappa shape index (κ1) is 37.4. The van der Waals surface area contributed by atoms with Gasteiger partial charge in [-0.15, -0.1) is 0 Å². The standard InChI is InChI=1S/2C11H13NO4.2Na.H2O/c2*1-6(11(15)16)7-2-3-9(12)8(4-7)5-10(13)14;;;/h2*2-4,6H,5,12H2,1H3,(H,13,14)(H,15,16);;;1H2/q;;2*+1;/p-2. The van der Waals surface area contributed by atoms with Gasteiger partial charge < -0.3 is 47.0 Å². The third-order valence-electron chi connectivity index (χ3n) is 4.72. The van der Waals surface area contributed by atoms with Crippen molar-refractivity contribution in [3.05, 3.63) is 58.7 Å². The van der Waals surface area contributed by atoms with Crippen LogP contribution in [0.3, 0.4) is 0 Å². The van der Waals surface area contributed by atoms with Gasteiger partial charge in [0.2, 0.25) is 0 Å². The molecule has 35 heavy (non-hydrogen) atoms. The van der Waals surface area contributed by atoms with Gasteiger partial charge in [0.15, 0.2) is 0 Å². The maximum Gasteiger partial charge on any atom is 1.00 e. The van der Waals surface area contributed by atoms with Crippen LogP contribution in [-0.4, -0.2) is 39.6 Å². The third-order valence-corrected chi connectivity index (χ3v) is 4.72. The summed E-state index contributed by atoms with van der Waals surface area (Å²) in [7, 11) is 0. The van der Waals surface area contributed by atoms with Crippen molar-refractivity contribution in [3.8, 4) is 0 Å². The molecule has 11 nitrogen and oxygen atoms in total. The summed E-state index contributed by atoms with van der Waals surface area (Å²) >= 11 is 0. The summed E-state index contributed by atoms with van der Waals surface area (Å²) < 4.78 is 0. The van der Waals surface area contributed by atoms with E-state index in [0.717, 1.165) is 0 Å². The summed E-state index contributed by atoms with van der Waals surface area (Å²) in [5.41, 5.74) is 13.7. The summed E-state index contributed by atoms with van der Waals surface area (Å²) in [4.78, 5) is 42.4. The molecule has 0 aliphatic rings. The number of carbonyl (C=O) groups excluding carboxylic acids is 2. The van der Waals surface area contributed by atoms with Crippen LogP contribution in [0.4, 0.5) is 11.4 Å². The summed E-state index contributed by atoms with van der Waals surface area (Å²) in [6.07, 6.45) is -0.446. The van der Waals surface area contributed by atoms with Crippen LogP contribution in [-0.2, 0) is 32.0 Å². The van der Waals surface area contributed by atoms with E-state index in [1.807, 2.05) is 0 Å². The first-order chi connectivity index (χ1) is 14.8. The molecule has 0 aromatic heterocycles. The molecule has 0 amide bonds. The second-order valence-corrected chi connectivity index (χ2v) is 7.14. The van der Waals surface area contributed by atoms with E-state index in [4.69, 9.17) is 21.7 Å². The van der Waals surface area contributed by atoms with Crippen LogP contribution in [0, 0.1) is 0 Å². The number of nitrogens with two attached hydrogens (primary N) is 2. The Kier molecular flexibility index (Phi) is 18.5. The topological polar surface area (TPSA) is 238 Å². The molecule has 2 unspecified atom stereocenters.